The first kappa shape index (κ1) is 15.5. The summed E-state index contributed by atoms with van der Waals surface area (Å²) in [5.74, 6) is 0.231. The molecule has 4 heteroatoms. The van der Waals surface area contributed by atoms with Gasteiger partial charge in [-0.25, -0.2) is 0 Å². The van der Waals surface area contributed by atoms with Gasteiger partial charge in [-0.15, -0.1) is 0 Å². The van der Waals surface area contributed by atoms with Crippen LogP contribution in [0.15, 0.2) is 24.5 Å². The second-order valence-corrected chi connectivity index (χ2v) is 6.67. The van der Waals surface area contributed by atoms with Gasteiger partial charge in [0.15, 0.2) is 0 Å². The van der Waals surface area contributed by atoms with Gasteiger partial charge in [0.05, 0.1) is 0 Å². The highest BCUT2D eigenvalue weighted by molar-refractivity contribution is 5.73. The summed E-state index contributed by atoms with van der Waals surface area (Å²) in [7, 11) is 0. The largest absolute Gasteiger partial charge is 0.343 e. The maximum atomic E-state index is 11.5. The molecule has 1 aromatic heterocycles. The van der Waals surface area contributed by atoms with Crippen molar-refractivity contribution < 1.29 is 4.79 Å². The van der Waals surface area contributed by atoms with Gasteiger partial charge in [0.25, 0.3) is 0 Å². The van der Waals surface area contributed by atoms with Crippen LogP contribution >= 0.6 is 0 Å². The lowest BCUT2D eigenvalue weighted by Gasteiger charge is -2.39. The molecule has 0 N–H and O–H groups in total. The van der Waals surface area contributed by atoms with E-state index in [2.05, 4.69) is 22.0 Å². The lowest BCUT2D eigenvalue weighted by Crippen LogP contribution is -2.47. The molecule has 1 atom stereocenters. The average molecular weight is 301 g/mol. The second kappa shape index (κ2) is 7.23. The van der Waals surface area contributed by atoms with E-state index in [0.717, 1.165) is 38.4 Å². The molecule has 0 unspecified atom stereocenters. The van der Waals surface area contributed by atoms with Gasteiger partial charge in [-0.05, 0) is 62.8 Å². The van der Waals surface area contributed by atoms with Crippen molar-refractivity contribution in [2.24, 2.45) is 0 Å². The van der Waals surface area contributed by atoms with Crippen molar-refractivity contribution in [3.63, 3.8) is 0 Å². The maximum Gasteiger partial charge on any atom is 0.219 e. The van der Waals surface area contributed by atoms with Crippen molar-refractivity contribution in [2.45, 2.75) is 57.5 Å². The number of piperidine rings is 1. The van der Waals surface area contributed by atoms with Gasteiger partial charge >= 0.3 is 0 Å². The lowest BCUT2D eigenvalue weighted by atomic mass is 9.99. The molecular weight excluding hydrogens is 274 g/mol. The predicted molar refractivity (Wildman–Crippen MR) is 87.6 cm³/mol. The fourth-order valence-corrected chi connectivity index (χ4v) is 4.04. The van der Waals surface area contributed by atoms with Crippen molar-refractivity contribution in [2.75, 3.05) is 19.6 Å². The number of carbonyl (C=O) groups is 1. The highest BCUT2D eigenvalue weighted by Gasteiger charge is 2.32. The summed E-state index contributed by atoms with van der Waals surface area (Å²) >= 11 is 0. The fraction of sp³-hybridized carbons (Fsp3) is 0.667. The molecule has 0 radical (unpaired) electrons. The van der Waals surface area contributed by atoms with Crippen LogP contribution in [-0.4, -0.2) is 52.4 Å². The van der Waals surface area contributed by atoms with Crippen LogP contribution in [0.5, 0.6) is 0 Å². The first-order chi connectivity index (χ1) is 10.7. The third kappa shape index (κ3) is 3.67. The Bertz CT molecular complexity index is 482. The number of carbonyl (C=O) groups excluding carboxylic acids is 1. The molecule has 1 amide bonds. The quantitative estimate of drug-likeness (QED) is 0.857. The Hall–Kier alpha value is -1.42. The predicted octanol–water partition coefficient (Wildman–Crippen LogP) is 2.49. The van der Waals surface area contributed by atoms with Gasteiger partial charge in [0, 0.05) is 44.5 Å². The number of aryl methyl sites for hydroxylation is 1. The third-order valence-corrected chi connectivity index (χ3v) is 5.32. The Morgan fingerprint density at radius 3 is 2.59 bits per heavy atom. The molecule has 1 aromatic rings. The smallest absolute Gasteiger partial charge is 0.219 e. The van der Waals surface area contributed by atoms with E-state index in [4.69, 9.17) is 0 Å². The number of nitrogens with zero attached hydrogens (tertiary/aromatic N) is 3. The monoisotopic (exact) mass is 301 g/mol. The number of pyridine rings is 1. The molecule has 4 nitrogen and oxygen atoms in total. The number of hydrogen-bond donors (Lipinski definition) is 0. The average Bonchev–Trinajstić information content (AvgIpc) is 3.02. The van der Waals surface area contributed by atoms with Crippen molar-refractivity contribution in [1.29, 1.82) is 0 Å². The maximum absolute atomic E-state index is 11.5. The van der Waals surface area contributed by atoms with Crippen LogP contribution in [0.1, 0.15) is 44.6 Å². The SMILES string of the molecule is CC(=O)N1CCC(N2CCC[C@@H]2CCc2ccncc2)CC1. The summed E-state index contributed by atoms with van der Waals surface area (Å²) in [5.41, 5.74) is 1.40. The van der Waals surface area contributed by atoms with Crippen LogP contribution in [0, 0.1) is 0 Å². The number of hydrogen-bond acceptors (Lipinski definition) is 3. The first-order valence-corrected chi connectivity index (χ1v) is 8.64. The molecule has 120 valence electrons. The van der Waals surface area contributed by atoms with Crippen LogP contribution in [0.3, 0.4) is 0 Å². The number of rotatable bonds is 4. The van der Waals surface area contributed by atoms with Gasteiger partial charge in [0.2, 0.25) is 5.91 Å². The van der Waals surface area contributed by atoms with E-state index in [9.17, 15) is 4.79 Å². The molecular formula is C18H27N3O. The van der Waals surface area contributed by atoms with Gasteiger partial charge in [0.1, 0.15) is 0 Å². The minimum absolute atomic E-state index is 0.231. The third-order valence-electron chi connectivity index (χ3n) is 5.32. The molecule has 22 heavy (non-hydrogen) atoms. The molecule has 0 saturated carbocycles. The van der Waals surface area contributed by atoms with Crippen LogP contribution in [0.4, 0.5) is 0 Å². The summed E-state index contributed by atoms with van der Waals surface area (Å²) in [6.07, 6.45) is 11.1. The molecule has 0 aromatic carbocycles. The summed E-state index contributed by atoms with van der Waals surface area (Å²) in [6.45, 7) is 4.81. The van der Waals surface area contributed by atoms with Gasteiger partial charge in [-0.3, -0.25) is 14.7 Å². The second-order valence-electron chi connectivity index (χ2n) is 6.67. The number of likely N-dealkylation sites (tertiary alicyclic amines) is 2. The van der Waals surface area contributed by atoms with Crippen molar-refractivity contribution in [3.8, 4) is 0 Å². The van der Waals surface area contributed by atoms with Gasteiger partial charge < -0.3 is 4.90 Å². The van der Waals surface area contributed by atoms with Crippen LogP contribution in [0.2, 0.25) is 0 Å². The van der Waals surface area contributed by atoms with Gasteiger partial charge in [-0.1, -0.05) is 0 Å². The molecule has 0 aliphatic carbocycles. The van der Waals surface area contributed by atoms with E-state index in [0.29, 0.717) is 6.04 Å². The molecule has 0 bridgehead atoms. The Labute approximate surface area is 133 Å². The van der Waals surface area contributed by atoms with E-state index >= 15 is 0 Å². The number of aromatic nitrogens is 1. The van der Waals surface area contributed by atoms with E-state index in [1.165, 1.54) is 31.4 Å². The summed E-state index contributed by atoms with van der Waals surface area (Å²) < 4.78 is 0. The van der Waals surface area contributed by atoms with Crippen LogP contribution < -0.4 is 0 Å². The standard InChI is InChI=1S/C18H27N3O/c1-15(22)20-13-8-18(9-14-20)21-12-2-3-17(21)5-4-16-6-10-19-11-7-16/h6-7,10-11,17-18H,2-5,8-9,12-14H2,1H3/t17-/m1/s1. The number of amides is 1. The zero-order valence-corrected chi connectivity index (χ0v) is 13.6. The highest BCUT2D eigenvalue weighted by atomic mass is 16.2. The minimum Gasteiger partial charge on any atom is -0.343 e. The minimum atomic E-state index is 0.231. The molecule has 2 aliphatic rings. The molecule has 2 saturated heterocycles. The molecule has 3 heterocycles. The van der Waals surface area contributed by atoms with Crippen molar-refractivity contribution in [1.82, 2.24) is 14.8 Å². The molecule has 3 rings (SSSR count). The van der Waals surface area contributed by atoms with Crippen LogP contribution in [-0.2, 0) is 11.2 Å². The topological polar surface area (TPSA) is 36.4 Å². The molecule has 2 fully saturated rings. The summed E-state index contributed by atoms with van der Waals surface area (Å²) in [4.78, 5) is 20.3. The van der Waals surface area contributed by atoms with Gasteiger partial charge in [-0.2, -0.15) is 0 Å². The first-order valence-electron chi connectivity index (χ1n) is 8.64. The lowest BCUT2D eigenvalue weighted by molar-refractivity contribution is -0.130. The summed E-state index contributed by atoms with van der Waals surface area (Å²) in [6, 6.07) is 5.66. The Morgan fingerprint density at radius 2 is 1.91 bits per heavy atom. The summed E-state index contributed by atoms with van der Waals surface area (Å²) in [5, 5.41) is 0. The Kier molecular flexibility index (Phi) is 5.08. The van der Waals surface area contributed by atoms with E-state index in [1.807, 2.05) is 17.3 Å². The molecule has 0 spiro atoms. The Morgan fingerprint density at radius 1 is 1.18 bits per heavy atom. The van der Waals surface area contributed by atoms with E-state index in [1.54, 1.807) is 6.92 Å². The fourth-order valence-electron chi connectivity index (χ4n) is 4.04. The molecule has 2 aliphatic heterocycles. The van der Waals surface area contributed by atoms with Crippen molar-refractivity contribution in [3.05, 3.63) is 30.1 Å². The van der Waals surface area contributed by atoms with E-state index < -0.39 is 0 Å². The zero-order chi connectivity index (χ0) is 15.4. The van der Waals surface area contributed by atoms with E-state index in [-0.39, 0.29) is 5.91 Å². The van der Waals surface area contributed by atoms with Crippen molar-refractivity contribution >= 4 is 5.91 Å². The highest BCUT2D eigenvalue weighted by Crippen LogP contribution is 2.28. The van der Waals surface area contributed by atoms with Crippen LogP contribution in [0.25, 0.3) is 0 Å². The normalized spacial score (nSPS) is 23.9. The zero-order valence-electron chi connectivity index (χ0n) is 13.6. The Balaban J connectivity index is 1.52.